The van der Waals surface area contributed by atoms with Crippen molar-refractivity contribution in [3.63, 3.8) is 0 Å². The van der Waals surface area contributed by atoms with Crippen molar-refractivity contribution in [2.24, 2.45) is 0 Å². The van der Waals surface area contributed by atoms with Gasteiger partial charge in [-0.2, -0.15) is 0 Å². The molecule has 0 amide bonds. The summed E-state index contributed by atoms with van der Waals surface area (Å²) in [5, 5.41) is 0. The highest BCUT2D eigenvalue weighted by molar-refractivity contribution is 6.49. The zero-order valence-corrected chi connectivity index (χ0v) is 16.1. The lowest BCUT2D eigenvalue weighted by molar-refractivity contribution is 0.0817. The van der Waals surface area contributed by atoms with E-state index in [4.69, 9.17) is 0 Å². The Balaban J connectivity index is 0.000000146. The van der Waals surface area contributed by atoms with Crippen LogP contribution in [0.4, 0.5) is 0 Å². The largest absolute Gasteiger partial charge is 0.289 e. The summed E-state index contributed by atoms with van der Waals surface area (Å²) in [6.45, 7) is 0. The molecule has 0 bridgehead atoms. The van der Waals surface area contributed by atoms with Gasteiger partial charge in [0.15, 0.2) is 5.78 Å². The zero-order valence-electron chi connectivity index (χ0n) is 16.1. The van der Waals surface area contributed by atoms with Crippen LogP contribution >= 0.6 is 0 Å². The summed E-state index contributed by atoms with van der Waals surface area (Å²) < 4.78 is 0. The van der Waals surface area contributed by atoms with Crippen molar-refractivity contribution < 1.29 is 14.4 Å². The molecular formula is C27H18O3. The highest BCUT2D eigenvalue weighted by atomic mass is 16.2. The predicted molar refractivity (Wildman–Crippen MR) is 117 cm³/mol. The van der Waals surface area contributed by atoms with Gasteiger partial charge in [0.2, 0.25) is 11.6 Å². The van der Waals surface area contributed by atoms with Crippen LogP contribution in [0.15, 0.2) is 109 Å². The summed E-state index contributed by atoms with van der Waals surface area (Å²) in [5.74, 6) is -0.783. The minimum Gasteiger partial charge on any atom is -0.289 e. The number of rotatable bonds is 3. The second kappa shape index (κ2) is 8.50. The first-order valence-corrected chi connectivity index (χ1v) is 9.59. The number of carbonyl (C=O) groups is 3. The van der Waals surface area contributed by atoms with Gasteiger partial charge in [-0.15, -0.1) is 0 Å². The first kappa shape index (κ1) is 19.2. The number of ketones is 3. The van der Waals surface area contributed by atoms with E-state index >= 15 is 0 Å². The summed E-state index contributed by atoms with van der Waals surface area (Å²) in [5.41, 5.74) is 4.64. The van der Waals surface area contributed by atoms with Gasteiger partial charge in [0.1, 0.15) is 0 Å². The van der Waals surface area contributed by atoms with E-state index in [0.29, 0.717) is 11.1 Å². The van der Waals surface area contributed by atoms with Crippen LogP contribution in [-0.2, 0) is 0 Å². The average Bonchev–Trinajstić information content (AvgIpc) is 3.12. The molecule has 0 fully saturated rings. The first-order valence-electron chi connectivity index (χ1n) is 9.59. The van der Waals surface area contributed by atoms with Gasteiger partial charge < -0.3 is 0 Å². The third-order valence-electron chi connectivity index (χ3n) is 4.91. The lowest BCUT2D eigenvalue weighted by Crippen LogP contribution is -2.14. The highest BCUT2D eigenvalue weighted by Gasteiger charge is 2.24. The summed E-state index contributed by atoms with van der Waals surface area (Å²) >= 11 is 0. The summed E-state index contributed by atoms with van der Waals surface area (Å²) in [6.07, 6.45) is 0. The van der Waals surface area contributed by atoms with Crippen molar-refractivity contribution in [2.45, 2.75) is 0 Å². The third-order valence-corrected chi connectivity index (χ3v) is 4.91. The Labute approximate surface area is 174 Å². The maximum atomic E-state index is 11.9. The molecule has 0 N–H and O–H groups in total. The van der Waals surface area contributed by atoms with E-state index in [1.165, 1.54) is 0 Å². The van der Waals surface area contributed by atoms with E-state index in [-0.39, 0.29) is 5.78 Å². The molecule has 0 unspecified atom stereocenters. The molecule has 4 aromatic rings. The van der Waals surface area contributed by atoms with Crippen molar-refractivity contribution in [1.29, 1.82) is 0 Å². The fraction of sp³-hybridized carbons (Fsp3) is 0. The molecule has 0 aromatic heterocycles. The first-order chi connectivity index (χ1) is 14.7. The molecule has 5 rings (SSSR count). The molecule has 0 radical (unpaired) electrons. The van der Waals surface area contributed by atoms with E-state index in [1.54, 1.807) is 48.5 Å². The molecule has 1 aliphatic rings. The molecule has 0 spiro atoms. The molecule has 3 heteroatoms. The lowest BCUT2D eigenvalue weighted by atomic mass is 10.0. The van der Waals surface area contributed by atoms with Crippen LogP contribution in [0.5, 0.6) is 0 Å². The van der Waals surface area contributed by atoms with Crippen LogP contribution in [0.1, 0.15) is 36.6 Å². The third kappa shape index (κ3) is 3.74. The Morgan fingerprint density at radius 1 is 0.400 bits per heavy atom. The van der Waals surface area contributed by atoms with Crippen molar-refractivity contribution >= 4 is 17.3 Å². The normalized spacial score (nSPS) is 11.0. The summed E-state index contributed by atoms with van der Waals surface area (Å²) in [4.78, 5) is 35.5. The smallest absolute Gasteiger partial charge is 0.233 e. The molecule has 144 valence electrons. The van der Waals surface area contributed by atoms with E-state index in [1.807, 2.05) is 60.7 Å². The van der Waals surface area contributed by atoms with E-state index in [0.717, 1.165) is 22.3 Å². The van der Waals surface area contributed by atoms with Crippen LogP contribution < -0.4 is 0 Å². The Kier molecular flexibility index (Phi) is 5.44. The van der Waals surface area contributed by atoms with Gasteiger partial charge >= 0.3 is 0 Å². The number of hydrogen-bond acceptors (Lipinski definition) is 3. The molecule has 3 nitrogen and oxygen atoms in total. The number of benzene rings is 4. The average molecular weight is 390 g/mol. The zero-order chi connectivity index (χ0) is 20.9. The number of fused-ring (bicyclic) bond motifs is 3. The van der Waals surface area contributed by atoms with Crippen LogP contribution in [0.2, 0.25) is 0 Å². The quantitative estimate of drug-likeness (QED) is 0.295. The molecular weight excluding hydrogens is 372 g/mol. The fourth-order valence-electron chi connectivity index (χ4n) is 3.42. The van der Waals surface area contributed by atoms with E-state index in [9.17, 15) is 14.4 Å². The van der Waals surface area contributed by atoms with Gasteiger partial charge in [-0.25, -0.2) is 0 Å². The SMILES string of the molecule is O=C(C(=O)c1ccccc1)c1ccccc1.O=C1c2ccccc2-c2ccccc21. The Morgan fingerprint density at radius 3 is 1.07 bits per heavy atom. The monoisotopic (exact) mass is 390 g/mol. The standard InChI is InChI=1S/C14H10O2.C13H8O/c15-13(11-7-3-1-4-8-11)14(16)12-9-5-2-6-10-12;14-13-11-7-3-1-5-9(11)10-6-2-4-8-12(10)13/h1-10H;1-8H. The van der Waals surface area contributed by atoms with Crippen molar-refractivity contribution in [1.82, 2.24) is 0 Å². The minimum atomic E-state index is -0.466. The number of Topliss-reactive ketones (excluding diaryl/α,β-unsaturated/α-hetero) is 2. The predicted octanol–water partition coefficient (Wildman–Crippen LogP) is 5.65. The molecule has 0 atom stereocenters. The van der Waals surface area contributed by atoms with Crippen molar-refractivity contribution in [3.05, 3.63) is 131 Å². The van der Waals surface area contributed by atoms with Crippen LogP contribution in [0.3, 0.4) is 0 Å². The molecule has 30 heavy (non-hydrogen) atoms. The van der Waals surface area contributed by atoms with Crippen LogP contribution in [0.25, 0.3) is 11.1 Å². The maximum Gasteiger partial charge on any atom is 0.233 e. The van der Waals surface area contributed by atoms with Gasteiger partial charge in [0.25, 0.3) is 0 Å². The number of carbonyl (C=O) groups excluding carboxylic acids is 3. The summed E-state index contributed by atoms with van der Waals surface area (Å²) in [7, 11) is 0. The minimum absolute atomic E-state index is 0.149. The van der Waals surface area contributed by atoms with Gasteiger partial charge in [-0.1, -0.05) is 109 Å². The molecule has 4 aromatic carbocycles. The lowest BCUT2D eigenvalue weighted by Gasteiger charge is -1.99. The molecule has 0 heterocycles. The maximum absolute atomic E-state index is 11.9. The van der Waals surface area contributed by atoms with Crippen LogP contribution in [0, 0.1) is 0 Å². The van der Waals surface area contributed by atoms with Gasteiger partial charge in [0.05, 0.1) is 0 Å². The summed E-state index contributed by atoms with van der Waals surface area (Å²) in [6, 6.07) is 32.7. The second-order valence-electron chi connectivity index (χ2n) is 6.81. The molecule has 0 saturated heterocycles. The van der Waals surface area contributed by atoms with Gasteiger partial charge in [-0.05, 0) is 11.1 Å². The topological polar surface area (TPSA) is 51.2 Å². The Bertz CT molecular complexity index is 1130. The van der Waals surface area contributed by atoms with Crippen LogP contribution in [-0.4, -0.2) is 17.3 Å². The second-order valence-corrected chi connectivity index (χ2v) is 6.81. The Morgan fingerprint density at radius 2 is 0.700 bits per heavy atom. The van der Waals surface area contributed by atoms with E-state index < -0.39 is 11.6 Å². The van der Waals surface area contributed by atoms with Gasteiger partial charge in [-0.3, -0.25) is 14.4 Å². The van der Waals surface area contributed by atoms with Crippen molar-refractivity contribution in [3.8, 4) is 11.1 Å². The van der Waals surface area contributed by atoms with Crippen molar-refractivity contribution in [2.75, 3.05) is 0 Å². The number of hydrogen-bond donors (Lipinski definition) is 0. The Hall–Kier alpha value is -4.11. The molecule has 0 saturated carbocycles. The highest BCUT2D eigenvalue weighted by Crippen LogP contribution is 2.35. The molecule has 0 aliphatic heterocycles. The molecule has 1 aliphatic carbocycles. The fourth-order valence-corrected chi connectivity index (χ4v) is 3.42. The van der Waals surface area contributed by atoms with E-state index in [2.05, 4.69) is 0 Å². The van der Waals surface area contributed by atoms with Gasteiger partial charge in [0, 0.05) is 22.3 Å².